The van der Waals surface area contributed by atoms with Gasteiger partial charge in [-0.3, -0.25) is 4.79 Å². The first-order valence-electron chi connectivity index (χ1n) is 5.18. The van der Waals surface area contributed by atoms with Crippen LogP contribution in [0.3, 0.4) is 0 Å². The average molecular weight is 238 g/mol. The third-order valence-corrected chi connectivity index (χ3v) is 2.25. The maximum atomic E-state index is 12.1. The molecule has 0 bridgehead atoms. The Bertz CT molecular complexity index is 267. The molecule has 1 N–H and O–H groups in total. The normalized spacial score (nSPS) is 15.3. The summed E-state index contributed by atoms with van der Waals surface area (Å²) >= 11 is 0. The smallest absolute Gasteiger partial charge is 0.389 e. The van der Waals surface area contributed by atoms with Crippen LogP contribution in [0.1, 0.15) is 33.6 Å². The highest BCUT2D eigenvalue weighted by atomic mass is 19.4. The molecule has 0 aromatic carbocycles. The van der Waals surface area contributed by atoms with Crippen molar-refractivity contribution in [1.29, 1.82) is 0 Å². The van der Waals surface area contributed by atoms with Crippen LogP contribution in [0.25, 0.3) is 0 Å². The number of aliphatic hydroxyl groups excluding tert-OH is 1. The van der Waals surface area contributed by atoms with Gasteiger partial charge in [-0.05, 0) is 6.42 Å². The van der Waals surface area contributed by atoms with E-state index in [-0.39, 0.29) is 18.1 Å². The molecule has 0 fully saturated rings. The average Bonchev–Trinajstić information content (AvgIpc) is 2.12. The molecule has 0 saturated carbocycles. The Hall–Kier alpha value is -1.00. The van der Waals surface area contributed by atoms with Crippen molar-refractivity contribution in [1.82, 2.24) is 0 Å². The molecular formula is C11H17F3O2. The standard InChI is InChI=1S/C11H17F3O2/c1-4-8(6-11(12,13)14)10(16)5-9(15)7(2)3/h5,7-8,15H,4,6H2,1-3H3/b9-5-. The number of hydrogen-bond donors (Lipinski definition) is 1. The third-order valence-electron chi connectivity index (χ3n) is 2.25. The van der Waals surface area contributed by atoms with Crippen LogP contribution in [0.15, 0.2) is 11.8 Å². The fourth-order valence-electron chi connectivity index (χ4n) is 1.16. The number of hydrogen-bond acceptors (Lipinski definition) is 2. The zero-order valence-electron chi connectivity index (χ0n) is 9.64. The van der Waals surface area contributed by atoms with Gasteiger partial charge in [-0.25, -0.2) is 0 Å². The van der Waals surface area contributed by atoms with Gasteiger partial charge in [0.1, 0.15) is 0 Å². The first kappa shape index (κ1) is 15.0. The number of allylic oxidation sites excluding steroid dienone is 2. The quantitative estimate of drug-likeness (QED) is 0.586. The Morgan fingerprint density at radius 3 is 2.19 bits per heavy atom. The summed E-state index contributed by atoms with van der Waals surface area (Å²) < 4.78 is 36.3. The summed E-state index contributed by atoms with van der Waals surface area (Å²) in [6.45, 7) is 4.84. The molecule has 2 nitrogen and oxygen atoms in total. The van der Waals surface area contributed by atoms with E-state index in [2.05, 4.69) is 0 Å². The molecule has 0 heterocycles. The van der Waals surface area contributed by atoms with E-state index < -0.39 is 24.3 Å². The molecule has 0 aromatic heterocycles. The number of aliphatic hydroxyl groups is 1. The molecule has 0 aromatic rings. The van der Waals surface area contributed by atoms with Gasteiger partial charge in [-0.2, -0.15) is 13.2 Å². The van der Waals surface area contributed by atoms with Crippen LogP contribution in [0.4, 0.5) is 13.2 Å². The molecular weight excluding hydrogens is 221 g/mol. The lowest BCUT2D eigenvalue weighted by Crippen LogP contribution is -2.21. The highest BCUT2D eigenvalue weighted by molar-refractivity contribution is 5.92. The van der Waals surface area contributed by atoms with Crippen molar-refractivity contribution in [3.8, 4) is 0 Å². The van der Waals surface area contributed by atoms with E-state index in [4.69, 9.17) is 0 Å². The lowest BCUT2D eigenvalue weighted by Gasteiger charge is -2.14. The Morgan fingerprint density at radius 2 is 1.88 bits per heavy atom. The molecule has 1 atom stereocenters. The van der Waals surface area contributed by atoms with Crippen molar-refractivity contribution in [2.45, 2.75) is 39.8 Å². The monoisotopic (exact) mass is 238 g/mol. The van der Waals surface area contributed by atoms with Crippen LogP contribution < -0.4 is 0 Å². The number of ketones is 1. The first-order chi connectivity index (χ1) is 7.17. The lowest BCUT2D eigenvalue weighted by atomic mass is 9.95. The molecule has 0 rings (SSSR count). The van der Waals surface area contributed by atoms with Gasteiger partial charge in [0.05, 0.1) is 12.2 Å². The Balaban J connectivity index is 4.62. The second-order valence-corrected chi connectivity index (χ2v) is 4.05. The molecule has 94 valence electrons. The summed E-state index contributed by atoms with van der Waals surface area (Å²) in [5.41, 5.74) is 0. The molecule has 0 radical (unpaired) electrons. The lowest BCUT2D eigenvalue weighted by molar-refractivity contribution is -0.151. The summed E-state index contributed by atoms with van der Waals surface area (Å²) in [6, 6.07) is 0. The largest absolute Gasteiger partial charge is 0.512 e. The third kappa shape index (κ3) is 5.78. The zero-order chi connectivity index (χ0) is 12.9. The minimum absolute atomic E-state index is 0.111. The number of rotatable bonds is 5. The molecule has 0 amide bonds. The van der Waals surface area contributed by atoms with Crippen molar-refractivity contribution in [2.75, 3.05) is 0 Å². The summed E-state index contributed by atoms with van der Waals surface area (Å²) in [5, 5.41) is 9.30. The van der Waals surface area contributed by atoms with Gasteiger partial charge in [0, 0.05) is 17.9 Å². The fourth-order valence-corrected chi connectivity index (χ4v) is 1.16. The topological polar surface area (TPSA) is 37.3 Å². The summed E-state index contributed by atoms with van der Waals surface area (Å²) in [5.74, 6) is -2.19. The number of carbonyl (C=O) groups is 1. The SMILES string of the molecule is CCC(CC(F)(F)F)C(=O)/C=C(\O)C(C)C. The molecule has 0 aliphatic rings. The Morgan fingerprint density at radius 1 is 1.38 bits per heavy atom. The van der Waals surface area contributed by atoms with E-state index in [1.54, 1.807) is 13.8 Å². The van der Waals surface area contributed by atoms with Crippen LogP contribution in [0.5, 0.6) is 0 Å². The predicted molar refractivity (Wildman–Crippen MR) is 55.0 cm³/mol. The van der Waals surface area contributed by atoms with E-state index in [1.807, 2.05) is 0 Å². The van der Waals surface area contributed by atoms with E-state index in [0.29, 0.717) is 0 Å². The Labute approximate surface area is 93.2 Å². The second-order valence-electron chi connectivity index (χ2n) is 4.05. The van der Waals surface area contributed by atoms with Gasteiger partial charge < -0.3 is 5.11 Å². The van der Waals surface area contributed by atoms with Crippen molar-refractivity contribution in [3.05, 3.63) is 11.8 Å². The van der Waals surface area contributed by atoms with Gasteiger partial charge in [-0.1, -0.05) is 20.8 Å². The number of alkyl halides is 3. The molecule has 0 saturated heterocycles. The van der Waals surface area contributed by atoms with Crippen LogP contribution in [-0.4, -0.2) is 17.1 Å². The molecule has 5 heteroatoms. The number of carbonyl (C=O) groups excluding carboxylic acids is 1. The molecule has 1 unspecified atom stereocenters. The maximum absolute atomic E-state index is 12.1. The minimum atomic E-state index is -4.35. The van der Waals surface area contributed by atoms with Gasteiger partial charge in [0.25, 0.3) is 0 Å². The van der Waals surface area contributed by atoms with Crippen LogP contribution in [0, 0.1) is 11.8 Å². The van der Waals surface area contributed by atoms with Crippen molar-refractivity contribution in [2.24, 2.45) is 11.8 Å². The van der Waals surface area contributed by atoms with E-state index in [0.717, 1.165) is 6.08 Å². The van der Waals surface area contributed by atoms with Crippen LogP contribution in [-0.2, 0) is 4.79 Å². The van der Waals surface area contributed by atoms with Crippen molar-refractivity contribution >= 4 is 5.78 Å². The highest BCUT2D eigenvalue weighted by Gasteiger charge is 2.33. The molecule has 0 spiro atoms. The number of halogens is 3. The zero-order valence-corrected chi connectivity index (χ0v) is 9.64. The van der Waals surface area contributed by atoms with Gasteiger partial charge in [0.15, 0.2) is 5.78 Å². The Kier molecular flexibility index (Phi) is 5.55. The van der Waals surface area contributed by atoms with Gasteiger partial charge in [0.2, 0.25) is 0 Å². The molecule has 0 aliphatic carbocycles. The van der Waals surface area contributed by atoms with E-state index in [9.17, 15) is 23.1 Å². The van der Waals surface area contributed by atoms with Crippen molar-refractivity contribution in [3.63, 3.8) is 0 Å². The minimum Gasteiger partial charge on any atom is -0.512 e. The summed E-state index contributed by atoms with van der Waals surface area (Å²) in [7, 11) is 0. The van der Waals surface area contributed by atoms with Crippen LogP contribution >= 0.6 is 0 Å². The van der Waals surface area contributed by atoms with Crippen LogP contribution in [0.2, 0.25) is 0 Å². The maximum Gasteiger partial charge on any atom is 0.389 e. The van der Waals surface area contributed by atoms with Crippen molar-refractivity contribution < 1.29 is 23.1 Å². The molecule has 16 heavy (non-hydrogen) atoms. The van der Waals surface area contributed by atoms with E-state index in [1.165, 1.54) is 6.92 Å². The highest BCUT2D eigenvalue weighted by Crippen LogP contribution is 2.27. The van der Waals surface area contributed by atoms with Gasteiger partial charge in [-0.15, -0.1) is 0 Å². The van der Waals surface area contributed by atoms with E-state index >= 15 is 0 Å². The predicted octanol–water partition coefficient (Wildman–Crippen LogP) is 3.63. The summed E-state index contributed by atoms with van der Waals surface area (Å²) in [4.78, 5) is 11.4. The molecule has 0 aliphatic heterocycles. The second kappa shape index (κ2) is 5.92. The fraction of sp³-hybridized carbons (Fsp3) is 0.727. The van der Waals surface area contributed by atoms with Gasteiger partial charge >= 0.3 is 6.18 Å². The summed E-state index contributed by atoms with van der Waals surface area (Å²) in [6.07, 6.45) is -4.47. The first-order valence-corrected chi connectivity index (χ1v) is 5.18.